The molecule has 0 saturated heterocycles. The van der Waals surface area contributed by atoms with Crippen LogP contribution < -0.4 is 15.2 Å². The van der Waals surface area contributed by atoms with Gasteiger partial charge in [-0.1, -0.05) is 42.1 Å². The van der Waals surface area contributed by atoms with Gasteiger partial charge in [0.15, 0.2) is 28.3 Å². The second-order valence-corrected chi connectivity index (χ2v) is 6.68. The minimum Gasteiger partial charge on any atom is -0.486 e. The van der Waals surface area contributed by atoms with E-state index in [1.165, 1.54) is 11.8 Å². The van der Waals surface area contributed by atoms with E-state index in [1.54, 1.807) is 18.2 Å². The Balaban J connectivity index is 1.48. The molecule has 0 spiro atoms. The van der Waals surface area contributed by atoms with Gasteiger partial charge in [0.25, 0.3) is 0 Å². The maximum absolute atomic E-state index is 12.5. The monoisotopic (exact) mass is 380 g/mol. The zero-order chi connectivity index (χ0) is 18.6. The molecule has 3 aromatic rings. The fourth-order valence-corrected chi connectivity index (χ4v) is 3.32. The van der Waals surface area contributed by atoms with E-state index in [-0.39, 0.29) is 17.5 Å². The molecule has 2 heterocycles. The first-order chi connectivity index (χ1) is 13.2. The number of hydrogen-bond donors (Lipinski definition) is 1. The van der Waals surface area contributed by atoms with Crippen LogP contribution in [0.3, 0.4) is 0 Å². The van der Waals surface area contributed by atoms with E-state index in [0.29, 0.717) is 41.3 Å². The van der Waals surface area contributed by atoms with Gasteiger partial charge >= 0.3 is 0 Å². The van der Waals surface area contributed by atoms with Crippen molar-refractivity contribution in [3.63, 3.8) is 0 Å². The molecule has 1 aromatic heterocycles. The Kier molecular flexibility index (Phi) is 4.88. The number of thioether (sulfide) groups is 1. The highest BCUT2D eigenvalue weighted by molar-refractivity contribution is 7.99. The van der Waals surface area contributed by atoms with Gasteiger partial charge in [-0.15, -0.1) is 0 Å². The molecule has 0 amide bonds. The molecule has 0 atom stereocenters. The van der Waals surface area contributed by atoms with Gasteiger partial charge in [0.05, 0.1) is 5.75 Å². The number of carbonyl (C=O) groups excluding carboxylic acids is 1. The molecular formula is C19H16N4O3S. The Hall–Kier alpha value is -3.13. The summed E-state index contributed by atoms with van der Waals surface area (Å²) in [5, 5.41) is 0.409. The molecule has 0 radical (unpaired) electrons. The van der Waals surface area contributed by atoms with Gasteiger partial charge in [0, 0.05) is 11.1 Å². The van der Waals surface area contributed by atoms with Gasteiger partial charge in [-0.05, 0) is 18.2 Å². The number of aromatic nitrogens is 3. The van der Waals surface area contributed by atoms with Crippen LogP contribution in [0.2, 0.25) is 0 Å². The molecule has 1 aliphatic rings. The first-order valence-electron chi connectivity index (χ1n) is 8.32. The molecule has 0 saturated carbocycles. The van der Waals surface area contributed by atoms with Crippen LogP contribution in [0.15, 0.2) is 53.7 Å². The topological polar surface area (TPSA) is 100 Å². The fraction of sp³-hybridized carbons (Fsp3) is 0.158. The van der Waals surface area contributed by atoms with Crippen LogP contribution in [0, 0.1) is 0 Å². The predicted molar refractivity (Wildman–Crippen MR) is 102 cm³/mol. The summed E-state index contributed by atoms with van der Waals surface area (Å²) in [6.45, 7) is 0.993. The predicted octanol–water partition coefficient (Wildman–Crippen LogP) is 2.87. The van der Waals surface area contributed by atoms with Crippen LogP contribution in [0.5, 0.6) is 11.5 Å². The Bertz CT molecular complexity index is 982. The summed E-state index contributed by atoms with van der Waals surface area (Å²) in [4.78, 5) is 25.2. The highest BCUT2D eigenvalue weighted by Gasteiger charge is 2.16. The molecule has 2 aromatic carbocycles. The third kappa shape index (κ3) is 4.01. The quantitative estimate of drug-likeness (QED) is 0.533. The summed E-state index contributed by atoms with van der Waals surface area (Å²) in [5.74, 6) is 1.97. The zero-order valence-corrected chi connectivity index (χ0v) is 15.1. The maximum atomic E-state index is 12.5. The van der Waals surface area contributed by atoms with Crippen molar-refractivity contribution < 1.29 is 14.3 Å². The standard InChI is InChI=1S/C19H16N4O3S/c20-18-21-17(12-4-2-1-3-5-12)22-19(23-18)27-11-14(24)13-6-7-15-16(10-13)26-9-8-25-15/h1-7,10H,8-9,11H2,(H2,20,21,22,23). The maximum Gasteiger partial charge on any atom is 0.224 e. The van der Waals surface area contributed by atoms with Crippen molar-refractivity contribution in [1.29, 1.82) is 0 Å². The van der Waals surface area contributed by atoms with E-state index >= 15 is 0 Å². The Morgan fingerprint density at radius 1 is 1.00 bits per heavy atom. The number of ether oxygens (including phenoxy) is 2. The normalized spacial score (nSPS) is 12.6. The zero-order valence-electron chi connectivity index (χ0n) is 14.3. The number of nitrogens with zero attached hydrogens (tertiary/aromatic N) is 3. The molecule has 0 bridgehead atoms. The van der Waals surface area contributed by atoms with Crippen LogP contribution in [0.1, 0.15) is 10.4 Å². The number of Topliss-reactive ketones (excluding diaryl/α,β-unsaturated/α-hetero) is 1. The van der Waals surface area contributed by atoms with Crippen LogP contribution in [-0.4, -0.2) is 39.7 Å². The highest BCUT2D eigenvalue weighted by atomic mass is 32.2. The molecular weight excluding hydrogens is 364 g/mol. The molecule has 0 unspecified atom stereocenters. The summed E-state index contributed by atoms with van der Waals surface area (Å²) < 4.78 is 11.0. The summed E-state index contributed by atoms with van der Waals surface area (Å²) in [6, 6.07) is 14.7. The summed E-state index contributed by atoms with van der Waals surface area (Å²) in [7, 11) is 0. The van der Waals surface area contributed by atoms with Gasteiger partial charge in [0.1, 0.15) is 13.2 Å². The number of anilines is 1. The van der Waals surface area contributed by atoms with E-state index in [4.69, 9.17) is 15.2 Å². The Labute approximate surface area is 160 Å². The smallest absolute Gasteiger partial charge is 0.224 e. The first-order valence-corrected chi connectivity index (χ1v) is 9.30. The van der Waals surface area contributed by atoms with E-state index in [9.17, 15) is 4.79 Å². The number of carbonyl (C=O) groups is 1. The average molecular weight is 380 g/mol. The molecule has 8 heteroatoms. The van der Waals surface area contributed by atoms with E-state index in [1.807, 2.05) is 30.3 Å². The third-order valence-electron chi connectivity index (χ3n) is 3.86. The lowest BCUT2D eigenvalue weighted by atomic mass is 10.1. The Morgan fingerprint density at radius 3 is 2.59 bits per heavy atom. The summed E-state index contributed by atoms with van der Waals surface area (Å²) in [5.41, 5.74) is 7.19. The van der Waals surface area contributed by atoms with Gasteiger partial charge in [-0.3, -0.25) is 4.79 Å². The van der Waals surface area contributed by atoms with Crippen molar-refractivity contribution in [3.05, 3.63) is 54.1 Å². The number of benzene rings is 2. The van der Waals surface area contributed by atoms with Crippen molar-refractivity contribution in [2.45, 2.75) is 5.16 Å². The molecule has 1 aliphatic heterocycles. The van der Waals surface area contributed by atoms with Crippen molar-refractivity contribution in [2.24, 2.45) is 0 Å². The SMILES string of the molecule is Nc1nc(SCC(=O)c2ccc3c(c2)OCCO3)nc(-c2ccccc2)n1. The van der Waals surface area contributed by atoms with Crippen LogP contribution in [-0.2, 0) is 0 Å². The van der Waals surface area contributed by atoms with E-state index in [2.05, 4.69) is 15.0 Å². The van der Waals surface area contributed by atoms with Crippen LogP contribution >= 0.6 is 11.8 Å². The number of fused-ring (bicyclic) bond motifs is 1. The molecule has 0 fully saturated rings. The molecule has 136 valence electrons. The highest BCUT2D eigenvalue weighted by Crippen LogP contribution is 2.31. The lowest BCUT2D eigenvalue weighted by molar-refractivity contribution is 0.102. The van der Waals surface area contributed by atoms with E-state index < -0.39 is 0 Å². The van der Waals surface area contributed by atoms with Crippen molar-refractivity contribution in [2.75, 3.05) is 24.7 Å². The molecule has 7 nitrogen and oxygen atoms in total. The van der Waals surface area contributed by atoms with Gasteiger partial charge in [-0.25, -0.2) is 4.98 Å². The number of nitrogen functional groups attached to an aromatic ring is 1. The average Bonchev–Trinajstić information content (AvgIpc) is 2.72. The van der Waals surface area contributed by atoms with Gasteiger partial charge < -0.3 is 15.2 Å². The summed E-state index contributed by atoms with van der Waals surface area (Å²) >= 11 is 1.22. The minimum absolute atomic E-state index is 0.0581. The van der Waals surface area contributed by atoms with E-state index in [0.717, 1.165) is 5.56 Å². The first kappa shape index (κ1) is 17.3. The third-order valence-corrected chi connectivity index (χ3v) is 4.71. The number of rotatable bonds is 5. The van der Waals surface area contributed by atoms with Gasteiger partial charge in [-0.2, -0.15) is 9.97 Å². The second kappa shape index (κ2) is 7.63. The molecule has 27 heavy (non-hydrogen) atoms. The van der Waals surface area contributed by atoms with Crippen molar-refractivity contribution in [1.82, 2.24) is 15.0 Å². The lowest BCUT2D eigenvalue weighted by Gasteiger charge is -2.18. The number of ketones is 1. The van der Waals surface area contributed by atoms with Crippen molar-refractivity contribution in [3.8, 4) is 22.9 Å². The largest absolute Gasteiger partial charge is 0.486 e. The minimum atomic E-state index is -0.0581. The van der Waals surface area contributed by atoms with Gasteiger partial charge in [0.2, 0.25) is 5.95 Å². The summed E-state index contributed by atoms with van der Waals surface area (Å²) in [6.07, 6.45) is 0. The number of hydrogen-bond acceptors (Lipinski definition) is 8. The fourth-order valence-electron chi connectivity index (χ4n) is 2.58. The lowest BCUT2D eigenvalue weighted by Crippen LogP contribution is -2.16. The van der Waals surface area contributed by atoms with Crippen LogP contribution in [0.25, 0.3) is 11.4 Å². The molecule has 0 aliphatic carbocycles. The molecule has 4 rings (SSSR count). The van der Waals surface area contributed by atoms with Crippen molar-refractivity contribution >= 4 is 23.5 Å². The van der Waals surface area contributed by atoms with Crippen LogP contribution in [0.4, 0.5) is 5.95 Å². The molecule has 2 N–H and O–H groups in total. The Morgan fingerprint density at radius 2 is 1.78 bits per heavy atom. The second-order valence-electron chi connectivity index (χ2n) is 5.74. The number of nitrogens with two attached hydrogens (primary N) is 1.